The molecule has 0 saturated heterocycles. The topological polar surface area (TPSA) is 60.5 Å². The molecule has 3 aromatic carbocycles. The Kier molecular flexibility index (Phi) is 6.25. The molecule has 1 amide bonds. The lowest BCUT2D eigenvalue weighted by molar-refractivity contribution is -0.116. The van der Waals surface area contributed by atoms with Gasteiger partial charge in [-0.05, 0) is 47.5 Å². The lowest BCUT2D eigenvalue weighted by Gasteiger charge is -2.07. The highest BCUT2D eigenvalue weighted by Crippen LogP contribution is 2.28. The van der Waals surface area contributed by atoms with E-state index in [2.05, 4.69) is 40.6 Å². The molecule has 4 aromatic rings. The van der Waals surface area contributed by atoms with Crippen LogP contribution in [0.25, 0.3) is 22.0 Å². The lowest BCUT2D eigenvalue weighted by Crippen LogP contribution is -2.12. The van der Waals surface area contributed by atoms with E-state index in [1.165, 1.54) is 22.1 Å². The molecule has 4 rings (SSSR count). The summed E-state index contributed by atoms with van der Waals surface area (Å²) in [5.74, 6) is 1.48. The van der Waals surface area contributed by atoms with Crippen molar-refractivity contribution in [1.82, 2.24) is 4.98 Å². The molecule has 0 radical (unpaired) electrons. The summed E-state index contributed by atoms with van der Waals surface area (Å²) < 4.78 is 10.8. The van der Waals surface area contributed by atoms with Crippen molar-refractivity contribution in [1.29, 1.82) is 0 Å². The molecule has 6 heteroatoms. The highest BCUT2D eigenvalue weighted by atomic mass is 32.1. The third-order valence-corrected chi connectivity index (χ3v) is 5.43. The third-order valence-electron chi connectivity index (χ3n) is 4.67. The average molecular weight is 419 g/mol. The van der Waals surface area contributed by atoms with E-state index in [1.807, 2.05) is 41.8 Å². The Morgan fingerprint density at radius 1 is 1.00 bits per heavy atom. The van der Waals surface area contributed by atoms with E-state index in [4.69, 9.17) is 9.47 Å². The van der Waals surface area contributed by atoms with Crippen LogP contribution in [0.5, 0.6) is 11.5 Å². The Morgan fingerprint density at radius 3 is 2.57 bits per heavy atom. The minimum absolute atomic E-state index is 0.0623. The molecule has 30 heavy (non-hydrogen) atoms. The lowest BCUT2D eigenvalue weighted by atomic mass is 10.1. The van der Waals surface area contributed by atoms with Gasteiger partial charge in [-0.25, -0.2) is 4.98 Å². The highest BCUT2D eigenvalue weighted by molar-refractivity contribution is 7.14. The molecule has 0 aliphatic carbocycles. The fourth-order valence-electron chi connectivity index (χ4n) is 3.09. The maximum atomic E-state index is 12.2. The van der Waals surface area contributed by atoms with Crippen LogP contribution in [0.3, 0.4) is 0 Å². The van der Waals surface area contributed by atoms with Gasteiger partial charge < -0.3 is 14.8 Å². The van der Waals surface area contributed by atoms with Crippen LogP contribution in [0, 0.1) is 0 Å². The first-order valence-corrected chi connectivity index (χ1v) is 10.6. The second-order valence-electron chi connectivity index (χ2n) is 6.78. The Balaban J connectivity index is 1.27. The van der Waals surface area contributed by atoms with Crippen molar-refractivity contribution in [2.24, 2.45) is 0 Å². The maximum absolute atomic E-state index is 12.2. The summed E-state index contributed by atoms with van der Waals surface area (Å²) in [6.07, 6.45) is 1.00. The quantitative estimate of drug-likeness (QED) is 0.369. The number of fused-ring (bicyclic) bond motifs is 1. The van der Waals surface area contributed by atoms with Gasteiger partial charge in [0.1, 0.15) is 11.5 Å². The summed E-state index contributed by atoms with van der Waals surface area (Å²) in [7, 11) is 1.63. The number of benzene rings is 3. The first-order chi connectivity index (χ1) is 14.7. The number of amides is 1. The molecule has 0 saturated carbocycles. The van der Waals surface area contributed by atoms with Crippen molar-refractivity contribution in [3.05, 3.63) is 72.1 Å². The first kappa shape index (κ1) is 19.9. The number of hydrogen-bond donors (Lipinski definition) is 1. The van der Waals surface area contributed by atoms with Crippen molar-refractivity contribution < 1.29 is 14.3 Å². The Hall–Kier alpha value is -3.38. The van der Waals surface area contributed by atoms with E-state index >= 15 is 0 Å². The monoisotopic (exact) mass is 418 g/mol. The Labute approximate surface area is 179 Å². The second kappa shape index (κ2) is 9.41. The molecule has 5 nitrogen and oxygen atoms in total. The average Bonchev–Trinajstić information content (AvgIpc) is 3.25. The molecule has 0 aliphatic rings. The fraction of sp³-hybridized carbons (Fsp3) is 0.167. The van der Waals surface area contributed by atoms with Gasteiger partial charge >= 0.3 is 0 Å². The number of hydrogen-bond acceptors (Lipinski definition) is 5. The van der Waals surface area contributed by atoms with Gasteiger partial charge in [-0.2, -0.15) is 0 Å². The van der Waals surface area contributed by atoms with Crippen LogP contribution >= 0.6 is 11.3 Å². The van der Waals surface area contributed by atoms with Crippen LogP contribution in [0.2, 0.25) is 0 Å². The van der Waals surface area contributed by atoms with Crippen molar-refractivity contribution in [3.63, 3.8) is 0 Å². The van der Waals surface area contributed by atoms with E-state index in [9.17, 15) is 4.79 Å². The summed E-state index contributed by atoms with van der Waals surface area (Å²) in [6, 6.07) is 21.9. The summed E-state index contributed by atoms with van der Waals surface area (Å²) >= 11 is 1.43. The first-order valence-electron chi connectivity index (χ1n) is 9.73. The standard InChI is InChI=1S/C24H22N2O3S/c1-28-20-10-12-21(13-11-20)29-14-4-7-23(27)26-24-25-22(16-30-24)19-9-8-17-5-2-3-6-18(17)15-19/h2-3,5-6,8-13,15-16H,4,7,14H2,1H3,(H,25,26,27). The zero-order chi connectivity index (χ0) is 20.8. The predicted molar refractivity (Wildman–Crippen MR) is 121 cm³/mol. The minimum Gasteiger partial charge on any atom is -0.497 e. The zero-order valence-electron chi connectivity index (χ0n) is 16.6. The number of methoxy groups -OCH3 is 1. The molecule has 0 fully saturated rings. The van der Waals surface area contributed by atoms with Crippen molar-refractivity contribution >= 4 is 33.1 Å². The molecule has 0 spiro atoms. The molecule has 0 aliphatic heterocycles. The molecule has 0 atom stereocenters. The van der Waals surface area contributed by atoms with Gasteiger partial charge in [0.15, 0.2) is 5.13 Å². The van der Waals surface area contributed by atoms with Gasteiger partial charge in [-0.15, -0.1) is 11.3 Å². The summed E-state index contributed by atoms with van der Waals surface area (Å²) in [5.41, 5.74) is 1.90. The predicted octanol–water partition coefficient (Wildman–Crippen LogP) is 5.77. The van der Waals surface area contributed by atoms with E-state index in [0.29, 0.717) is 24.6 Å². The zero-order valence-corrected chi connectivity index (χ0v) is 17.4. The Morgan fingerprint density at radius 2 is 1.77 bits per heavy atom. The third kappa shape index (κ3) is 4.96. The number of thiazole rings is 1. The molecular formula is C24H22N2O3S. The number of anilines is 1. The highest BCUT2D eigenvalue weighted by Gasteiger charge is 2.09. The number of ether oxygens (including phenoxy) is 2. The van der Waals surface area contributed by atoms with E-state index in [0.717, 1.165) is 22.8 Å². The number of rotatable bonds is 8. The smallest absolute Gasteiger partial charge is 0.226 e. The normalized spacial score (nSPS) is 10.7. The summed E-state index contributed by atoms with van der Waals surface area (Å²) in [4.78, 5) is 16.8. The van der Waals surface area contributed by atoms with Gasteiger partial charge in [-0.1, -0.05) is 36.4 Å². The van der Waals surface area contributed by atoms with Crippen molar-refractivity contribution in [2.75, 3.05) is 19.0 Å². The van der Waals surface area contributed by atoms with Crippen LogP contribution in [-0.4, -0.2) is 24.6 Å². The molecule has 0 bridgehead atoms. The van der Waals surface area contributed by atoms with Crippen LogP contribution in [-0.2, 0) is 4.79 Å². The van der Waals surface area contributed by atoms with Crippen LogP contribution in [0.15, 0.2) is 72.1 Å². The van der Waals surface area contributed by atoms with Gasteiger partial charge in [0.05, 0.1) is 19.4 Å². The maximum Gasteiger partial charge on any atom is 0.226 e. The van der Waals surface area contributed by atoms with Crippen molar-refractivity contribution in [3.8, 4) is 22.8 Å². The second-order valence-corrected chi connectivity index (χ2v) is 7.63. The number of nitrogens with one attached hydrogen (secondary N) is 1. The van der Waals surface area contributed by atoms with E-state index < -0.39 is 0 Å². The molecular weight excluding hydrogens is 396 g/mol. The molecule has 0 unspecified atom stereocenters. The van der Waals surface area contributed by atoms with E-state index in [-0.39, 0.29) is 5.91 Å². The summed E-state index contributed by atoms with van der Waals surface area (Å²) in [6.45, 7) is 0.472. The number of carbonyl (C=O) groups is 1. The molecule has 1 aromatic heterocycles. The number of aromatic nitrogens is 1. The van der Waals surface area contributed by atoms with Gasteiger partial charge in [0, 0.05) is 17.4 Å². The number of nitrogens with zero attached hydrogens (tertiary/aromatic N) is 1. The van der Waals surface area contributed by atoms with Crippen LogP contribution < -0.4 is 14.8 Å². The van der Waals surface area contributed by atoms with E-state index in [1.54, 1.807) is 7.11 Å². The van der Waals surface area contributed by atoms with Gasteiger partial charge in [0.2, 0.25) is 5.91 Å². The minimum atomic E-state index is -0.0623. The van der Waals surface area contributed by atoms with Crippen molar-refractivity contribution in [2.45, 2.75) is 12.8 Å². The van der Waals surface area contributed by atoms with Crippen LogP contribution in [0.4, 0.5) is 5.13 Å². The van der Waals surface area contributed by atoms with Gasteiger partial charge in [0.25, 0.3) is 0 Å². The molecule has 1 heterocycles. The molecule has 1 N–H and O–H groups in total. The Bertz CT molecular complexity index is 1140. The largest absolute Gasteiger partial charge is 0.497 e. The molecule has 152 valence electrons. The SMILES string of the molecule is COc1ccc(OCCCC(=O)Nc2nc(-c3ccc4ccccc4c3)cs2)cc1. The van der Waals surface area contributed by atoms with Crippen LogP contribution in [0.1, 0.15) is 12.8 Å². The fourth-order valence-corrected chi connectivity index (χ4v) is 3.82. The number of carbonyl (C=O) groups excluding carboxylic acids is 1. The summed E-state index contributed by atoms with van der Waals surface area (Å²) in [5, 5.41) is 7.82. The van der Waals surface area contributed by atoms with Gasteiger partial charge in [-0.3, -0.25) is 4.79 Å².